The highest BCUT2D eigenvalue weighted by atomic mass is 32.2. The van der Waals surface area contributed by atoms with Crippen molar-refractivity contribution in [2.75, 3.05) is 18.1 Å². The van der Waals surface area contributed by atoms with E-state index in [1.165, 1.54) is 17.9 Å². The zero-order valence-corrected chi connectivity index (χ0v) is 9.29. The van der Waals surface area contributed by atoms with Crippen LogP contribution in [0.4, 0.5) is 0 Å². The second kappa shape index (κ2) is 4.01. The quantitative estimate of drug-likeness (QED) is 0.682. The molecule has 2 N–H and O–H groups in total. The van der Waals surface area contributed by atoms with E-state index in [0.29, 0.717) is 5.41 Å². The van der Waals surface area contributed by atoms with Crippen LogP contribution in [0.3, 0.4) is 0 Å². The van der Waals surface area contributed by atoms with Crippen LogP contribution in [0, 0.1) is 17.3 Å². The number of thioether (sulfide) groups is 1. The van der Waals surface area contributed by atoms with Gasteiger partial charge in [-0.3, -0.25) is 0 Å². The molecule has 0 saturated carbocycles. The van der Waals surface area contributed by atoms with Crippen molar-refractivity contribution in [3.05, 3.63) is 0 Å². The van der Waals surface area contributed by atoms with Crippen LogP contribution in [-0.2, 0) is 0 Å². The highest BCUT2D eigenvalue weighted by Gasteiger charge is 2.33. The first-order chi connectivity index (χ1) is 5.55. The Balaban J connectivity index is 2.59. The van der Waals surface area contributed by atoms with E-state index in [2.05, 4.69) is 32.5 Å². The summed E-state index contributed by atoms with van der Waals surface area (Å²) in [6.07, 6.45) is 1.32. The van der Waals surface area contributed by atoms with Crippen LogP contribution in [-0.4, -0.2) is 18.1 Å². The highest BCUT2D eigenvalue weighted by Crippen LogP contribution is 2.39. The molecule has 0 aromatic heterocycles. The first kappa shape index (κ1) is 10.4. The van der Waals surface area contributed by atoms with Crippen molar-refractivity contribution in [3.8, 4) is 0 Å². The molecule has 1 fully saturated rings. The van der Waals surface area contributed by atoms with Gasteiger partial charge in [-0.25, -0.2) is 0 Å². The van der Waals surface area contributed by atoms with Crippen molar-refractivity contribution in [3.63, 3.8) is 0 Å². The molecular weight excluding hydrogens is 166 g/mol. The van der Waals surface area contributed by atoms with Gasteiger partial charge in [0.05, 0.1) is 0 Å². The number of nitrogens with two attached hydrogens (primary N) is 1. The molecule has 0 aromatic rings. The number of hydrogen-bond acceptors (Lipinski definition) is 2. The van der Waals surface area contributed by atoms with Gasteiger partial charge in [0.25, 0.3) is 0 Å². The topological polar surface area (TPSA) is 26.0 Å². The lowest BCUT2D eigenvalue weighted by atomic mass is 9.73. The minimum absolute atomic E-state index is 0.442. The van der Waals surface area contributed by atoms with Crippen LogP contribution in [0.15, 0.2) is 0 Å². The van der Waals surface area contributed by atoms with Crippen LogP contribution in [0.2, 0.25) is 0 Å². The molecule has 1 rings (SSSR count). The van der Waals surface area contributed by atoms with Crippen molar-refractivity contribution in [2.45, 2.75) is 27.2 Å². The molecule has 1 saturated heterocycles. The predicted octanol–water partition coefficient (Wildman–Crippen LogP) is 2.36. The van der Waals surface area contributed by atoms with Crippen LogP contribution >= 0.6 is 11.8 Å². The fourth-order valence-electron chi connectivity index (χ4n) is 2.02. The summed E-state index contributed by atoms with van der Waals surface area (Å²) < 4.78 is 0. The van der Waals surface area contributed by atoms with Gasteiger partial charge in [-0.2, -0.15) is 11.8 Å². The first-order valence-electron chi connectivity index (χ1n) is 4.83. The van der Waals surface area contributed by atoms with Crippen LogP contribution in [0.25, 0.3) is 0 Å². The molecule has 0 aromatic carbocycles. The van der Waals surface area contributed by atoms with Gasteiger partial charge in [0.1, 0.15) is 0 Å². The molecular formula is C10H21NS. The molecule has 12 heavy (non-hydrogen) atoms. The molecule has 1 aliphatic rings. The minimum atomic E-state index is 0.442. The van der Waals surface area contributed by atoms with E-state index in [0.717, 1.165) is 18.4 Å². The molecule has 1 heterocycles. The molecule has 0 aliphatic carbocycles. The van der Waals surface area contributed by atoms with Gasteiger partial charge in [0, 0.05) is 0 Å². The average molecular weight is 187 g/mol. The summed E-state index contributed by atoms with van der Waals surface area (Å²) in [4.78, 5) is 0. The van der Waals surface area contributed by atoms with Crippen molar-refractivity contribution in [1.29, 1.82) is 0 Å². The highest BCUT2D eigenvalue weighted by molar-refractivity contribution is 7.99. The predicted molar refractivity (Wildman–Crippen MR) is 57.4 cm³/mol. The Morgan fingerprint density at radius 1 is 1.42 bits per heavy atom. The summed E-state index contributed by atoms with van der Waals surface area (Å²) in [5.41, 5.74) is 6.22. The van der Waals surface area contributed by atoms with Gasteiger partial charge in [0.2, 0.25) is 0 Å². The van der Waals surface area contributed by atoms with E-state index in [1.807, 2.05) is 0 Å². The summed E-state index contributed by atoms with van der Waals surface area (Å²) in [6.45, 7) is 7.90. The van der Waals surface area contributed by atoms with Crippen molar-refractivity contribution >= 4 is 11.8 Å². The Morgan fingerprint density at radius 2 is 2.08 bits per heavy atom. The molecule has 0 amide bonds. The second-order valence-corrected chi connectivity index (χ2v) is 5.98. The van der Waals surface area contributed by atoms with Gasteiger partial charge in [0.15, 0.2) is 0 Å². The molecule has 2 unspecified atom stereocenters. The fraction of sp³-hybridized carbons (Fsp3) is 1.00. The summed E-state index contributed by atoms with van der Waals surface area (Å²) in [5.74, 6) is 4.22. The Labute approximate surface area is 80.5 Å². The number of rotatable bonds is 1. The Morgan fingerprint density at radius 3 is 2.50 bits per heavy atom. The van der Waals surface area contributed by atoms with Gasteiger partial charge < -0.3 is 5.73 Å². The number of hydrogen-bond donors (Lipinski definition) is 1. The maximum absolute atomic E-state index is 5.78. The van der Waals surface area contributed by atoms with Crippen molar-refractivity contribution in [1.82, 2.24) is 0 Å². The zero-order chi connectivity index (χ0) is 9.19. The van der Waals surface area contributed by atoms with E-state index < -0.39 is 0 Å². The third-order valence-electron chi connectivity index (χ3n) is 2.91. The normalized spacial score (nSPS) is 32.0. The lowest BCUT2D eigenvalue weighted by Gasteiger charge is -2.39. The Bertz CT molecular complexity index is 139. The van der Waals surface area contributed by atoms with Crippen LogP contribution in [0.5, 0.6) is 0 Å². The van der Waals surface area contributed by atoms with Crippen molar-refractivity contribution in [2.24, 2.45) is 23.0 Å². The monoisotopic (exact) mass is 187 g/mol. The Kier molecular flexibility index (Phi) is 3.47. The van der Waals surface area contributed by atoms with E-state index in [-0.39, 0.29) is 0 Å². The molecule has 0 radical (unpaired) electrons. The first-order valence-corrected chi connectivity index (χ1v) is 5.99. The summed E-state index contributed by atoms with van der Waals surface area (Å²) in [5, 5.41) is 0. The summed E-state index contributed by atoms with van der Waals surface area (Å²) in [6, 6.07) is 0. The van der Waals surface area contributed by atoms with E-state index in [4.69, 9.17) is 5.73 Å². The SMILES string of the molecule is CC(C)(C)C1CSCCC1CN. The van der Waals surface area contributed by atoms with Crippen LogP contribution in [0.1, 0.15) is 27.2 Å². The standard InChI is InChI=1S/C10H21NS/c1-10(2,3)9-7-12-5-4-8(9)6-11/h8-9H,4-7,11H2,1-3H3. The minimum Gasteiger partial charge on any atom is -0.330 e. The molecule has 72 valence electrons. The molecule has 1 aliphatic heterocycles. The lowest BCUT2D eigenvalue weighted by Crippen LogP contribution is -2.37. The maximum atomic E-state index is 5.78. The summed E-state index contributed by atoms with van der Waals surface area (Å²) >= 11 is 2.09. The van der Waals surface area contributed by atoms with E-state index in [1.54, 1.807) is 0 Å². The van der Waals surface area contributed by atoms with Gasteiger partial charge >= 0.3 is 0 Å². The summed E-state index contributed by atoms with van der Waals surface area (Å²) in [7, 11) is 0. The fourth-order valence-corrected chi connectivity index (χ4v) is 3.68. The van der Waals surface area contributed by atoms with Gasteiger partial charge in [-0.05, 0) is 41.7 Å². The van der Waals surface area contributed by atoms with Crippen molar-refractivity contribution < 1.29 is 0 Å². The average Bonchev–Trinajstić information content (AvgIpc) is 2.03. The Hall–Kier alpha value is 0.310. The smallest absolute Gasteiger partial charge is 0.00310 e. The van der Waals surface area contributed by atoms with Gasteiger partial charge in [-0.15, -0.1) is 0 Å². The maximum Gasteiger partial charge on any atom is -0.00310 e. The molecule has 2 atom stereocenters. The molecule has 0 spiro atoms. The zero-order valence-electron chi connectivity index (χ0n) is 8.47. The lowest BCUT2D eigenvalue weighted by molar-refractivity contribution is 0.177. The third kappa shape index (κ3) is 2.40. The largest absolute Gasteiger partial charge is 0.330 e. The van der Waals surface area contributed by atoms with E-state index >= 15 is 0 Å². The molecule has 1 nitrogen and oxygen atoms in total. The third-order valence-corrected chi connectivity index (χ3v) is 4.03. The van der Waals surface area contributed by atoms with Crippen LogP contribution < -0.4 is 5.73 Å². The molecule has 0 bridgehead atoms. The second-order valence-electron chi connectivity index (χ2n) is 4.83. The van der Waals surface area contributed by atoms with Gasteiger partial charge in [-0.1, -0.05) is 20.8 Å². The molecule has 2 heteroatoms. The van der Waals surface area contributed by atoms with E-state index in [9.17, 15) is 0 Å².